The summed E-state index contributed by atoms with van der Waals surface area (Å²) in [5.41, 5.74) is 3.75. The van der Waals surface area contributed by atoms with Gasteiger partial charge in [0, 0.05) is 45.5 Å². The van der Waals surface area contributed by atoms with E-state index >= 15 is 0 Å². The molecule has 178 valence electrons. The summed E-state index contributed by atoms with van der Waals surface area (Å²) in [6.45, 7) is 2.47. The normalized spacial score (nSPS) is 15.5. The number of aromatic nitrogens is 1. The summed E-state index contributed by atoms with van der Waals surface area (Å²) < 4.78 is 5.15. The van der Waals surface area contributed by atoms with E-state index in [0.29, 0.717) is 28.2 Å². The standard InChI is InChI=1S/C26H28Cl2N4O2/c1-32-11-9-26(10-12-32,17-30-25(33)31-23-14-21(27)13-22(28)15-23)20-6-3-18(4-7-20)19-5-8-24(34-2)29-16-19/h3-8,13-16H,9-12,17H2,1-2H3,(H2,30,31,33). The van der Waals surface area contributed by atoms with Crippen molar-refractivity contribution in [3.8, 4) is 17.0 Å². The van der Waals surface area contributed by atoms with Gasteiger partial charge in [0.2, 0.25) is 5.88 Å². The van der Waals surface area contributed by atoms with Gasteiger partial charge in [-0.15, -0.1) is 0 Å². The fourth-order valence-electron chi connectivity index (χ4n) is 4.35. The zero-order chi connectivity index (χ0) is 24.1. The highest BCUT2D eigenvalue weighted by molar-refractivity contribution is 6.35. The molecule has 0 saturated carbocycles. The molecule has 0 bridgehead atoms. The molecule has 2 aromatic carbocycles. The average Bonchev–Trinajstić information content (AvgIpc) is 2.83. The van der Waals surface area contributed by atoms with Crippen LogP contribution in [0.2, 0.25) is 10.0 Å². The Morgan fingerprint density at radius 1 is 1.03 bits per heavy atom. The number of carbonyl (C=O) groups is 1. The molecule has 0 spiro atoms. The van der Waals surface area contributed by atoms with Crippen LogP contribution in [-0.4, -0.2) is 49.7 Å². The lowest BCUT2D eigenvalue weighted by Crippen LogP contribution is -2.48. The van der Waals surface area contributed by atoms with E-state index in [1.807, 2.05) is 18.3 Å². The topological polar surface area (TPSA) is 66.5 Å². The van der Waals surface area contributed by atoms with Crippen LogP contribution in [0.4, 0.5) is 10.5 Å². The van der Waals surface area contributed by atoms with Gasteiger partial charge in [0.05, 0.1) is 7.11 Å². The lowest BCUT2D eigenvalue weighted by molar-refractivity contribution is 0.183. The molecule has 6 nitrogen and oxygen atoms in total. The number of pyridine rings is 1. The second-order valence-corrected chi connectivity index (χ2v) is 9.59. The van der Waals surface area contributed by atoms with Crippen LogP contribution in [-0.2, 0) is 5.41 Å². The van der Waals surface area contributed by atoms with Crippen molar-refractivity contribution in [1.82, 2.24) is 15.2 Å². The van der Waals surface area contributed by atoms with E-state index in [9.17, 15) is 4.79 Å². The summed E-state index contributed by atoms with van der Waals surface area (Å²) in [6, 6.07) is 17.1. The number of piperidine rings is 1. The van der Waals surface area contributed by atoms with Gasteiger partial charge < -0.3 is 20.3 Å². The number of nitrogens with one attached hydrogen (secondary N) is 2. The number of nitrogens with zero attached hydrogens (tertiary/aromatic N) is 2. The molecule has 2 N–H and O–H groups in total. The van der Waals surface area contributed by atoms with Gasteiger partial charge in [-0.2, -0.15) is 0 Å². The number of anilines is 1. The van der Waals surface area contributed by atoms with Crippen LogP contribution >= 0.6 is 23.2 Å². The Balaban J connectivity index is 1.49. The van der Waals surface area contributed by atoms with E-state index in [2.05, 4.69) is 51.8 Å². The maximum Gasteiger partial charge on any atom is 0.319 e. The Labute approximate surface area is 210 Å². The number of benzene rings is 2. The van der Waals surface area contributed by atoms with Crippen molar-refractivity contribution in [3.63, 3.8) is 0 Å². The Kier molecular flexibility index (Phi) is 7.61. The van der Waals surface area contributed by atoms with Gasteiger partial charge in [0.1, 0.15) is 0 Å². The van der Waals surface area contributed by atoms with Gasteiger partial charge in [0.25, 0.3) is 0 Å². The number of rotatable bonds is 6. The molecule has 4 rings (SSSR count). The maximum atomic E-state index is 12.7. The molecular formula is C26H28Cl2N4O2. The Hall–Kier alpha value is -2.80. The SMILES string of the molecule is COc1ccc(-c2ccc(C3(CNC(=O)Nc4cc(Cl)cc(Cl)c4)CCN(C)CC3)cc2)cn1. The molecule has 0 unspecified atom stereocenters. The van der Waals surface area contributed by atoms with Crippen molar-refractivity contribution < 1.29 is 9.53 Å². The molecule has 0 atom stereocenters. The van der Waals surface area contributed by atoms with Gasteiger partial charge >= 0.3 is 6.03 Å². The summed E-state index contributed by atoms with van der Waals surface area (Å²) >= 11 is 12.1. The molecule has 8 heteroatoms. The Morgan fingerprint density at radius 2 is 1.68 bits per heavy atom. The fourth-order valence-corrected chi connectivity index (χ4v) is 4.88. The summed E-state index contributed by atoms with van der Waals surface area (Å²) in [7, 11) is 3.74. The molecule has 3 aromatic rings. The first-order chi connectivity index (χ1) is 16.4. The van der Waals surface area contributed by atoms with Crippen molar-refractivity contribution in [1.29, 1.82) is 0 Å². The van der Waals surface area contributed by atoms with E-state index in [1.165, 1.54) is 5.56 Å². The predicted molar refractivity (Wildman–Crippen MR) is 138 cm³/mol. The molecule has 1 aliphatic rings. The number of halogens is 2. The number of hydrogen-bond donors (Lipinski definition) is 2. The number of ether oxygens (including phenoxy) is 1. The molecular weight excluding hydrogens is 471 g/mol. The fraction of sp³-hybridized carbons (Fsp3) is 0.308. The minimum Gasteiger partial charge on any atom is -0.481 e. The smallest absolute Gasteiger partial charge is 0.319 e. The highest BCUT2D eigenvalue weighted by atomic mass is 35.5. The summed E-state index contributed by atoms with van der Waals surface area (Å²) in [6.07, 6.45) is 3.72. The second-order valence-electron chi connectivity index (χ2n) is 8.72. The van der Waals surface area contributed by atoms with Crippen molar-refractivity contribution in [2.75, 3.05) is 39.1 Å². The number of amides is 2. The van der Waals surface area contributed by atoms with Crippen molar-refractivity contribution in [2.45, 2.75) is 18.3 Å². The number of methoxy groups -OCH3 is 1. The van der Waals surface area contributed by atoms with Gasteiger partial charge in [-0.05, 0) is 68.4 Å². The molecule has 1 fully saturated rings. The molecule has 0 aliphatic carbocycles. The van der Waals surface area contributed by atoms with Gasteiger partial charge in [-0.1, -0.05) is 47.5 Å². The molecule has 2 amide bonds. The highest BCUT2D eigenvalue weighted by Crippen LogP contribution is 2.36. The molecule has 2 heterocycles. The monoisotopic (exact) mass is 498 g/mol. The van der Waals surface area contributed by atoms with Crippen molar-refractivity contribution >= 4 is 34.9 Å². The highest BCUT2D eigenvalue weighted by Gasteiger charge is 2.35. The van der Waals surface area contributed by atoms with Gasteiger partial charge in [-0.3, -0.25) is 0 Å². The maximum absolute atomic E-state index is 12.7. The first-order valence-corrected chi connectivity index (χ1v) is 11.9. The largest absolute Gasteiger partial charge is 0.481 e. The zero-order valence-electron chi connectivity index (χ0n) is 19.3. The van der Waals surface area contributed by atoms with Gasteiger partial charge in [0.15, 0.2) is 0 Å². The second kappa shape index (κ2) is 10.6. The Morgan fingerprint density at radius 3 is 2.26 bits per heavy atom. The van der Waals surface area contributed by atoms with E-state index < -0.39 is 0 Å². The first kappa shape index (κ1) is 24.3. The quantitative estimate of drug-likeness (QED) is 0.447. The lowest BCUT2D eigenvalue weighted by Gasteiger charge is -2.41. The van der Waals surface area contributed by atoms with Gasteiger partial charge in [-0.25, -0.2) is 9.78 Å². The van der Waals surface area contributed by atoms with E-state index in [1.54, 1.807) is 25.3 Å². The number of hydrogen-bond acceptors (Lipinski definition) is 4. The van der Waals surface area contributed by atoms with Crippen molar-refractivity contribution in [2.24, 2.45) is 0 Å². The Bertz CT molecular complexity index is 1110. The minimum absolute atomic E-state index is 0.146. The number of carbonyl (C=O) groups excluding carboxylic acids is 1. The molecule has 1 aliphatic heterocycles. The van der Waals surface area contributed by atoms with Crippen LogP contribution in [0.25, 0.3) is 11.1 Å². The third-order valence-electron chi connectivity index (χ3n) is 6.43. The van der Waals surface area contributed by atoms with Crippen LogP contribution in [0.1, 0.15) is 18.4 Å². The van der Waals surface area contributed by atoms with Crippen molar-refractivity contribution in [3.05, 3.63) is 76.4 Å². The van der Waals surface area contributed by atoms with Crippen LogP contribution < -0.4 is 15.4 Å². The third kappa shape index (κ3) is 5.81. The zero-order valence-corrected chi connectivity index (χ0v) is 20.8. The van der Waals surface area contributed by atoms with Crippen LogP contribution in [0, 0.1) is 0 Å². The molecule has 1 aromatic heterocycles. The van der Waals surface area contributed by atoms with E-state index in [4.69, 9.17) is 27.9 Å². The summed E-state index contributed by atoms with van der Waals surface area (Å²) in [5.74, 6) is 0.593. The molecule has 34 heavy (non-hydrogen) atoms. The summed E-state index contributed by atoms with van der Waals surface area (Å²) in [5, 5.41) is 6.86. The predicted octanol–water partition coefficient (Wildman–Crippen LogP) is 5.85. The molecule has 0 radical (unpaired) electrons. The van der Waals surface area contributed by atoms with Crippen LogP contribution in [0.5, 0.6) is 5.88 Å². The number of urea groups is 1. The first-order valence-electron chi connectivity index (χ1n) is 11.2. The lowest BCUT2D eigenvalue weighted by atomic mass is 9.72. The minimum atomic E-state index is -0.280. The molecule has 1 saturated heterocycles. The van der Waals surface area contributed by atoms with Crippen LogP contribution in [0.3, 0.4) is 0 Å². The average molecular weight is 499 g/mol. The number of likely N-dealkylation sites (tertiary alicyclic amines) is 1. The van der Waals surface area contributed by atoms with E-state index in [-0.39, 0.29) is 11.4 Å². The van der Waals surface area contributed by atoms with Crippen LogP contribution in [0.15, 0.2) is 60.8 Å². The third-order valence-corrected chi connectivity index (χ3v) is 6.86. The van der Waals surface area contributed by atoms with E-state index in [0.717, 1.165) is 37.1 Å². The summed E-state index contributed by atoms with van der Waals surface area (Å²) in [4.78, 5) is 19.3.